The topological polar surface area (TPSA) is 76.4 Å². The minimum absolute atomic E-state index is 0.00997. The highest BCUT2D eigenvalue weighted by Gasteiger charge is 2.31. The summed E-state index contributed by atoms with van der Waals surface area (Å²) in [5, 5.41) is 12.5. The second kappa shape index (κ2) is 7.61. The first-order valence-electron chi connectivity index (χ1n) is 8.77. The zero-order valence-electron chi connectivity index (χ0n) is 16.1. The molecule has 1 aromatic carbocycles. The van der Waals surface area contributed by atoms with E-state index in [0.29, 0.717) is 5.82 Å². The number of nitriles is 1. The summed E-state index contributed by atoms with van der Waals surface area (Å²) in [6, 6.07) is 9.76. The Morgan fingerprint density at radius 2 is 1.65 bits per heavy atom. The smallest absolute Gasteiger partial charge is 0.220 e. The van der Waals surface area contributed by atoms with Gasteiger partial charge in [0.15, 0.2) is 5.78 Å². The number of rotatable bonds is 6. The molecule has 2 rings (SSSR count). The molecule has 138 valence electrons. The average molecular weight is 354 g/mol. The van der Waals surface area contributed by atoms with Crippen LogP contribution in [0.5, 0.6) is 0 Å². The highest BCUT2D eigenvalue weighted by Crippen LogP contribution is 2.40. The molecule has 0 radical (unpaired) electrons. The molecule has 1 heterocycles. The van der Waals surface area contributed by atoms with Gasteiger partial charge in [0, 0.05) is 32.5 Å². The second-order valence-corrected chi connectivity index (χ2v) is 7.13. The van der Waals surface area contributed by atoms with Gasteiger partial charge in [-0.1, -0.05) is 19.1 Å². The Bertz CT molecular complexity index is 758. The van der Waals surface area contributed by atoms with Crippen molar-refractivity contribution >= 4 is 23.1 Å². The number of fused-ring (bicyclic) bond motifs is 1. The molecule has 26 heavy (non-hydrogen) atoms. The molecule has 0 unspecified atom stereocenters. The van der Waals surface area contributed by atoms with E-state index >= 15 is 0 Å². The normalized spacial score (nSPS) is 13.3. The van der Waals surface area contributed by atoms with E-state index in [2.05, 4.69) is 5.32 Å². The minimum Gasteiger partial charge on any atom is -0.351 e. The third-order valence-corrected chi connectivity index (χ3v) is 4.79. The Morgan fingerprint density at radius 3 is 2.12 bits per heavy atom. The summed E-state index contributed by atoms with van der Waals surface area (Å²) in [6.07, 6.45) is 0.880. The molecule has 0 atom stereocenters. The summed E-state index contributed by atoms with van der Waals surface area (Å²) < 4.78 is 0. The molecule has 1 amide bonds. The predicted molar refractivity (Wildman–Crippen MR) is 103 cm³/mol. The predicted octanol–water partition coefficient (Wildman–Crippen LogP) is 2.96. The number of benzene rings is 1. The molecule has 0 aliphatic carbocycles. The number of allylic oxidation sites excluding steroid dienone is 1. The van der Waals surface area contributed by atoms with Crippen molar-refractivity contribution in [2.45, 2.75) is 45.6 Å². The Kier molecular flexibility index (Phi) is 5.71. The lowest BCUT2D eigenvalue weighted by molar-refractivity contribution is -0.125. The van der Waals surface area contributed by atoms with Gasteiger partial charge in [-0.3, -0.25) is 9.59 Å². The number of Topliss-reactive ketones (excluding diaryl/α,β-unsaturated/α-hetero) is 1. The van der Waals surface area contributed by atoms with Crippen LogP contribution in [0.25, 0.3) is 0 Å². The number of hydrogen-bond donors (Lipinski definition) is 1. The molecule has 1 aromatic rings. The number of carbonyl (C=O) groups is 2. The first-order chi connectivity index (χ1) is 12.2. The van der Waals surface area contributed by atoms with Gasteiger partial charge in [0.05, 0.1) is 11.4 Å². The second-order valence-electron chi connectivity index (χ2n) is 7.13. The number of para-hydroxylation sites is 2. The Labute approximate surface area is 155 Å². The SMILES string of the molecule is CCC(C)(C)NC(=O)CCC(=O)C(C#N)=C1N(C)c2ccccc2N1C. The van der Waals surface area contributed by atoms with Crippen LogP contribution in [0, 0.1) is 11.3 Å². The van der Waals surface area contributed by atoms with Gasteiger partial charge in [0.2, 0.25) is 5.91 Å². The van der Waals surface area contributed by atoms with Crippen molar-refractivity contribution in [3.05, 3.63) is 35.7 Å². The van der Waals surface area contributed by atoms with Crippen molar-refractivity contribution in [2.24, 2.45) is 0 Å². The first-order valence-corrected chi connectivity index (χ1v) is 8.77. The lowest BCUT2D eigenvalue weighted by Crippen LogP contribution is -2.42. The molecule has 0 aromatic heterocycles. The lowest BCUT2D eigenvalue weighted by Gasteiger charge is -2.24. The molecule has 1 aliphatic rings. The van der Waals surface area contributed by atoms with Gasteiger partial charge in [0.25, 0.3) is 0 Å². The summed E-state index contributed by atoms with van der Waals surface area (Å²) in [5.41, 5.74) is 1.65. The fourth-order valence-electron chi connectivity index (χ4n) is 2.94. The van der Waals surface area contributed by atoms with E-state index in [1.807, 2.05) is 75.0 Å². The summed E-state index contributed by atoms with van der Waals surface area (Å²) >= 11 is 0. The summed E-state index contributed by atoms with van der Waals surface area (Å²) in [4.78, 5) is 28.4. The number of hydrogen-bond acceptors (Lipinski definition) is 5. The maximum Gasteiger partial charge on any atom is 0.220 e. The quantitative estimate of drug-likeness (QED) is 0.628. The molecule has 0 fully saturated rings. The van der Waals surface area contributed by atoms with Gasteiger partial charge in [0.1, 0.15) is 17.5 Å². The lowest BCUT2D eigenvalue weighted by atomic mass is 10.0. The summed E-state index contributed by atoms with van der Waals surface area (Å²) in [5.74, 6) is 0.0513. The van der Waals surface area contributed by atoms with Crippen molar-refractivity contribution in [3.8, 4) is 6.07 Å². The highest BCUT2D eigenvalue weighted by molar-refractivity contribution is 6.03. The van der Waals surface area contributed by atoms with Crippen LogP contribution in [-0.2, 0) is 9.59 Å². The third kappa shape index (κ3) is 3.88. The maximum absolute atomic E-state index is 12.6. The molecule has 6 heteroatoms. The average Bonchev–Trinajstić information content (AvgIpc) is 2.86. The molecule has 1 aliphatic heterocycles. The molecule has 0 saturated carbocycles. The Morgan fingerprint density at radius 1 is 1.12 bits per heavy atom. The number of nitrogens with one attached hydrogen (secondary N) is 1. The molecular weight excluding hydrogens is 328 g/mol. The van der Waals surface area contributed by atoms with Crippen LogP contribution in [0.3, 0.4) is 0 Å². The van der Waals surface area contributed by atoms with Gasteiger partial charge < -0.3 is 15.1 Å². The van der Waals surface area contributed by atoms with Gasteiger partial charge in [-0.05, 0) is 32.4 Å². The highest BCUT2D eigenvalue weighted by atomic mass is 16.2. The zero-order chi connectivity index (χ0) is 19.5. The monoisotopic (exact) mass is 354 g/mol. The molecule has 1 N–H and O–H groups in total. The standard InChI is InChI=1S/C20H26N4O2/c1-6-20(2,3)22-18(26)12-11-17(25)14(13-21)19-23(4)15-9-7-8-10-16(15)24(19)5/h7-10H,6,11-12H2,1-5H3,(H,22,26). The van der Waals surface area contributed by atoms with E-state index in [1.54, 1.807) is 0 Å². The van der Waals surface area contributed by atoms with Crippen LogP contribution in [0.4, 0.5) is 11.4 Å². The van der Waals surface area contributed by atoms with E-state index in [4.69, 9.17) is 0 Å². The van der Waals surface area contributed by atoms with Crippen LogP contribution in [0.2, 0.25) is 0 Å². The van der Waals surface area contributed by atoms with Crippen molar-refractivity contribution in [1.82, 2.24) is 5.32 Å². The van der Waals surface area contributed by atoms with Crippen LogP contribution in [0.15, 0.2) is 35.7 Å². The van der Waals surface area contributed by atoms with Gasteiger partial charge in [-0.25, -0.2) is 0 Å². The molecule has 0 spiro atoms. The third-order valence-electron chi connectivity index (χ3n) is 4.79. The van der Waals surface area contributed by atoms with Crippen molar-refractivity contribution in [2.75, 3.05) is 23.9 Å². The summed E-state index contributed by atoms with van der Waals surface area (Å²) in [7, 11) is 3.66. The molecule has 0 bridgehead atoms. The van der Waals surface area contributed by atoms with Crippen molar-refractivity contribution in [3.63, 3.8) is 0 Å². The van der Waals surface area contributed by atoms with Crippen molar-refractivity contribution < 1.29 is 9.59 Å². The van der Waals surface area contributed by atoms with E-state index in [0.717, 1.165) is 17.8 Å². The number of ketones is 1. The fourth-order valence-corrected chi connectivity index (χ4v) is 2.94. The van der Waals surface area contributed by atoms with E-state index < -0.39 is 0 Å². The minimum atomic E-state index is -0.321. The molecule has 6 nitrogen and oxygen atoms in total. The van der Waals surface area contributed by atoms with E-state index in [1.165, 1.54) is 0 Å². The van der Waals surface area contributed by atoms with Crippen LogP contribution in [-0.4, -0.2) is 31.3 Å². The van der Waals surface area contributed by atoms with E-state index in [-0.39, 0.29) is 35.6 Å². The maximum atomic E-state index is 12.6. The molecule has 0 saturated heterocycles. The Balaban J connectivity index is 2.16. The molecular formula is C20H26N4O2. The zero-order valence-corrected chi connectivity index (χ0v) is 16.1. The Hall–Kier alpha value is -2.81. The van der Waals surface area contributed by atoms with Crippen LogP contribution < -0.4 is 15.1 Å². The number of carbonyl (C=O) groups excluding carboxylic acids is 2. The van der Waals surface area contributed by atoms with Gasteiger partial charge in [-0.2, -0.15) is 5.26 Å². The number of amides is 1. The number of nitrogens with zero attached hydrogens (tertiary/aromatic N) is 3. The van der Waals surface area contributed by atoms with E-state index in [9.17, 15) is 14.9 Å². The summed E-state index contributed by atoms with van der Waals surface area (Å²) in [6.45, 7) is 5.87. The first kappa shape index (κ1) is 19.5. The van der Waals surface area contributed by atoms with Gasteiger partial charge in [-0.15, -0.1) is 0 Å². The van der Waals surface area contributed by atoms with Crippen LogP contribution >= 0.6 is 0 Å². The fraction of sp³-hybridized carbons (Fsp3) is 0.450. The van der Waals surface area contributed by atoms with Gasteiger partial charge >= 0.3 is 0 Å². The van der Waals surface area contributed by atoms with Crippen LogP contribution in [0.1, 0.15) is 40.0 Å². The van der Waals surface area contributed by atoms with Crippen molar-refractivity contribution in [1.29, 1.82) is 5.26 Å². The largest absolute Gasteiger partial charge is 0.351 e. The number of anilines is 2.